The van der Waals surface area contributed by atoms with E-state index in [2.05, 4.69) is 20.5 Å². The van der Waals surface area contributed by atoms with E-state index in [1.807, 2.05) is 0 Å². The van der Waals surface area contributed by atoms with E-state index in [-0.39, 0.29) is 28.2 Å². The van der Waals surface area contributed by atoms with E-state index in [4.69, 9.17) is 0 Å². The predicted molar refractivity (Wildman–Crippen MR) is 102 cm³/mol. The maximum absolute atomic E-state index is 13.4. The second kappa shape index (κ2) is 8.43. The summed E-state index contributed by atoms with van der Waals surface area (Å²) in [7, 11) is -2.05. The van der Waals surface area contributed by atoms with E-state index in [0.29, 0.717) is 11.6 Å². The number of halogens is 2. The number of aromatic amines is 1. The van der Waals surface area contributed by atoms with Crippen molar-refractivity contribution in [1.82, 2.24) is 9.97 Å². The van der Waals surface area contributed by atoms with Gasteiger partial charge in [0.25, 0.3) is 5.56 Å². The average molecular weight is 395 g/mol. The fourth-order valence-corrected chi connectivity index (χ4v) is 2.51. The molecule has 0 bridgehead atoms. The number of hydrogen-bond acceptors (Lipinski definition) is 7. The molecule has 3 rings (SSSR count). The lowest BCUT2D eigenvalue weighted by atomic mass is 9.77. The lowest BCUT2D eigenvalue weighted by Crippen LogP contribution is -2.33. The summed E-state index contributed by atoms with van der Waals surface area (Å²) in [5, 5.41) is 31.6. The quantitative estimate of drug-likeness (QED) is 0.286. The van der Waals surface area contributed by atoms with Crippen LogP contribution in [0.4, 0.5) is 14.7 Å². The van der Waals surface area contributed by atoms with Crippen LogP contribution in [0.25, 0.3) is 11.3 Å². The first kappa shape index (κ1) is 19.9. The Labute approximate surface area is 162 Å². The highest BCUT2D eigenvalue weighted by molar-refractivity contribution is 6.60. The third-order valence-corrected chi connectivity index (χ3v) is 3.86. The summed E-state index contributed by atoms with van der Waals surface area (Å²) in [5.74, 6) is -2.56. The molecule has 144 valence electrons. The molecule has 3 aromatic rings. The van der Waals surface area contributed by atoms with Gasteiger partial charge < -0.3 is 10.0 Å². The highest BCUT2D eigenvalue weighted by Gasteiger charge is 2.19. The summed E-state index contributed by atoms with van der Waals surface area (Å²) >= 11 is 0. The van der Waals surface area contributed by atoms with Gasteiger partial charge >= 0.3 is 7.12 Å². The summed E-state index contributed by atoms with van der Waals surface area (Å²) in [4.78, 5) is 18.7. The zero-order chi connectivity index (χ0) is 21.0. The Morgan fingerprint density at radius 3 is 2.55 bits per heavy atom. The molecule has 0 aliphatic rings. The molecule has 0 amide bonds. The van der Waals surface area contributed by atoms with Crippen molar-refractivity contribution in [1.29, 1.82) is 5.26 Å². The first-order valence-electron chi connectivity index (χ1n) is 8.14. The Bertz CT molecular complexity index is 1180. The second-order valence-electron chi connectivity index (χ2n) is 5.75. The molecule has 0 atom stereocenters. The Balaban J connectivity index is 1.95. The number of anilines is 1. The summed E-state index contributed by atoms with van der Waals surface area (Å²) < 4.78 is 26.7. The number of nitrogens with zero attached hydrogens (tertiary/aromatic N) is 3. The van der Waals surface area contributed by atoms with Crippen LogP contribution in [-0.4, -0.2) is 33.3 Å². The van der Waals surface area contributed by atoms with Crippen LogP contribution in [0.5, 0.6) is 0 Å². The average Bonchev–Trinajstić information content (AvgIpc) is 2.70. The fraction of sp³-hybridized carbons (Fsp3) is 0. The van der Waals surface area contributed by atoms with Gasteiger partial charge in [0.1, 0.15) is 11.6 Å². The Morgan fingerprint density at radius 2 is 1.90 bits per heavy atom. The van der Waals surface area contributed by atoms with Gasteiger partial charge in [-0.1, -0.05) is 30.3 Å². The summed E-state index contributed by atoms with van der Waals surface area (Å²) in [5.41, 5.74) is 1.79. The molecule has 4 N–H and O–H groups in total. The smallest absolute Gasteiger partial charge is 0.423 e. The molecule has 0 fully saturated rings. The van der Waals surface area contributed by atoms with Crippen LogP contribution in [0.2, 0.25) is 0 Å². The molecule has 29 heavy (non-hydrogen) atoms. The lowest BCUT2D eigenvalue weighted by molar-refractivity contribution is 0.425. The minimum absolute atomic E-state index is 0.106. The van der Waals surface area contributed by atoms with Crippen LogP contribution in [0.1, 0.15) is 11.1 Å². The van der Waals surface area contributed by atoms with E-state index in [1.165, 1.54) is 0 Å². The van der Waals surface area contributed by atoms with Gasteiger partial charge in [0, 0.05) is 5.56 Å². The van der Waals surface area contributed by atoms with E-state index in [1.54, 1.807) is 36.4 Å². The molecule has 0 saturated heterocycles. The lowest BCUT2D eigenvalue weighted by Gasteiger charge is -2.07. The summed E-state index contributed by atoms with van der Waals surface area (Å²) in [6.07, 6.45) is 0.998. The van der Waals surface area contributed by atoms with Crippen molar-refractivity contribution in [3.05, 3.63) is 75.6 Å². The third kappa shape index (κ3) is 4.35. The standard InChI is InChI=1S/C18H12BF2N5O3/c20-14-6-11(13(19(28)29)7-15(14)21)9-23-26-18-24-16(10-4-2-1-3-5-10)12(8-22)17(27)25-18/h1-7,9,28-29H,(H2,24,25,26,27). The van der Waals surface area contributed by atoms with Gasteiger partial charge in [-0.2, -0.15) is 10.4 Å². The molecular formula is C18H12BF2N5O3. The Hall–Kier alpha value is -3.88. The maximum Gasteiger partial charge on any atom is 0.489 e. The van der Waals surface area contributed by atoms with E-state index < -0.39 is 24.3 Å². The molecule has 11 heteroatoms. The van der Waals surface area contributed by atoms with Crippen molar-refractivity contribution >= 4 is 24.7 Å². The first-order chi connectivity index (χ1) is 13.9. The number of nitriles is 1. The molecule has 0 aliphatic heterocycles. The number of rotatable bonds is 5. The molecule has 0 unspecified atom stereocenters. The van der Waals surface area contributed by atoms with Crippen molar-refractivity contribution in [2.24, 2.45) is 5.10 Å². The van der Waals surface area contributed by atoms with Crippen molar-refractivity contribution in [2.75, 3.05) is 5.43 Å². The molecule has 0 aliphatic carbocycles. The van der Waals surface area contributed by atoms with Gasteiger partial charge in [0.05, 0.1) is 11.9 Å². The summed E-state index contributed by atoms with van der Waals surface area (Å²) in [6.45, 7) is 0. The van der Waals surface area contributed by atoms with Crippen LogP contribution in [0.3, 0.4) is 0 Å². The number of H-pyrrole nitrogens is 1. The third-order valence-electron chi connectivity index (χ3n) is 3.86. The minimum atomic E-state index is -2.05. The molecule has 2 aromatic carbocycles. The Morgan fingerprint density at radius 1 is 1.21 bits per heavy atom. The first-order valence-corrected chi connectivity index (χ1v) is 8.14. The molecule has 1 aromatic heterocycles. The van der Waals surface area contributed by atoms with Crippen LogP contribution in [0, 0.1) is 23.0 Å². The summed E-state index contributed by atoms with van der Waals surface area (Å²) in [6, 6.07) is 11.7. The number of hydrogen-bond donors (Lipinski definition) is 4. The van der Waals surface area contributed by atoms with Crippen LogP contribution in [0.15, 0.2) is 52.4 Å². The number of hydrazone groups is 1. The molecule has 0 radical (unpaired) electrons. The fourth-order valence-electron chi connectivity index (χ4n) is 2.51. The van der Waals surface area contributed by atoms with Crippen molar-refractivity contribution in [3.8, 4) is 17.3 Å². The normalized spacial score (nSPS) is 10.7. The maximum atomic E-state index is 13.4. The number of benzene rings is 2. The Kier molecular flexibility index (Phi) is 5.78. The highest BCUT2D eigenvalue weighted by Crippen LogP contribution is 2.19. The van der Waals surface area contributed by atoms with Crippen LogP contribution in [-0.2, 0) is 0 Å². The van der Waals surface area contributed by atoms with Crippen molar-refractivity contribution in [3.63, 3.8) is 0 Å². The number of aromatic nitrogens is 2. The predicted octanol–water partition coefficient (Wildman–Crippen LogP) is 0.713. The second-order valence-corrected chi connectivity index (χ2v) is 5.75. The van der Waals surface area contributed by atoms with Crippen LogP contribution >= 0.6 is 0 Å². The highest BCUT2D eigenvalue weighted by atomic mass is 19.2. The molecule has 1 heterocycles. The van der Waals surface area contributed by atoms with Crippen LogP contribution < -0.4 is 16.4 Å². The van der Waals surface area contributed by atoms with Gasteiger partial charge in [-0.25, -0.2) is 19.2 Å². The van der Waals surface area contributed by atoms with Gasteiger partial charge in [0.15, 0.2) is 11.6 Å². The van der Waals surface area contributed by atoms with Gasteiger partial charge in [-0.15, -0.1) is 0 Å². The minimum Gasteiger partial charge on any atom is -0.423 e. The topological polar surface area (TPSA) is 134 Å². The number of nitrogens with one attached hydrogen (secondary N) is 2. The largest absolute Gasteiger partial charge is 0.489 e. The van der Waals surface area contributed by atoms with Gasteiger partial charge in [-0.3, -0.25) is 9.78 Å². The van der Waals surface area contributed by atoms with Gasteiger partial charge in [0.2, 0.25) is 5.95 Å². The van der Waals surface area contributed by atoms with Gasteiger partial charge in [-0.05, 0) is 23.2 Å². The zero-order valence-electron chi connectivity index (χ0n) is 14.6. The zero-order valence-corrected chi connectivity index (χ0v) is 14.6. The molecule has 0 spiro atoms. The monoisotopic (exact) mass is 395 g/mol. The SMILES string of the molecule is N#Cc1c(-c2ccccc2)nc(NN=Cc2cc(F)c(F)cc2B(O)O)[nH]c1=O. The van der Waals surface area contributed by atoms with Crippen molar-refractivity contribution in [2.45, 2.75) is 0 Å². The molecular weight excluding hydrogens is 383 g/mol. The van der Waals surface area contributed by atoms with E-state index in [9.17, 15) is 28.9 Å². The molecule has 0 saturated carbocycles. The molecule has 8 nitrogen and oxygen atoms in total. The van der Waals surface area contributed by atoms with E-state index in [0.717, 1.165) is 12.3 Å². The van der Waals surface area contributed by atoms with Crippen molar-refractivity contribution < 1.29 is 18.8 Å². The van der Waals surface area contributed by atoms with E-state index >= 15 is 0 Å².